The highest BCUT2D eigenvalue weighted by atomic mass is 32.1. The first-order valence-corrected chi connectivity index (χ1v) is 7.79. The minimum Gasteiger partial charge on any atom is -0.356 e. The number of alkyl halides is 3. The Balaban J connectivity index is 2.20. The number of nitrogens with one attached hydrogen (secondary N) is 2. The van der Waals surface area contributed by atoms with Crippen molar-refractivity contribution in [1.82, 2.24) is 20.5 Å². The molecular formula is C13H22F3N5S. The Morgan fingerprint density at radius 1 is 1.36 bits per heavy atom. The first kappa shape index (κ1) is 18.7. The lowest BCUT2D eigenvalue weighted by molar-refractivity contribution is -0.142. The van der Waals surface area contributed by atoms with E-state index in [0.29, 0.717) is 19.0 Å². The number of thiazole rings is 1. The lowest BCUT2D eigenvalue weighted by atomic mass is 10.3. The number of aryl methyl sites for hydroxylation is 1. The van der Waals surface area contributed by atoms with Crippen molar-refractivity contribution in [2.24, 2.45) is 4.99 Å². The summed E-state index contributed by atoms with van der Waals surface area (Å²) in [5.41, 5.74) is 1.02. The van der Waals surface area contributed by atoms with Crippen LogP contribution in [-0.2, 0) is 6.42 Å². The van der Waals surface area contributed by atoms with Crippen molar-refractivity contribution in [1.29, 1.82) is 0 Å². The van der Waals surface area contributed by atoms with E-state index in [1.165, 1.54) is 11.9 Å². The van der Waals surface area contributed by atoms with Crippen molar-refractivity contribution in [3.8, 4) is 0 Å². The number of hydrogen-bond donors (Lipinski definition) is 2. The number of guanidine groups is 1. The third kappa shape index (κ3) is 8.18. The molecule has 0 amide bonds. The third-order valence-electron chi connectivity index (χ3n) is 2.80. The highest BCUT2D eigenvalue weighted by Crippen LogP contribution is 2.14. The molecule has 5 nitrogen and oxygen atoms in total. The smallest absolute Gasteiger partial charge is 0.356 e. The third-order valence-corrected chi connectivity index (χ3v) is 3.62. The van der Waals surface area contributed by atoms with Crippen molar-refractivity contribution >= 4 is 17.3 Å². The molecule has 0 fully saturated rings. The molecule has 0 atom stereocenters. The second-order valence-corrected chi connectivity index (χ2v) is 5.95. The van der Waals surface area contributed by atoms with Gasteiger partial charge in [0.05, 0.1) is 17.2 Å². The Morgan fingerprint density at radius 2 is 2.05 bits per heavy atom. The molecule has 0 radical (unpaired) electrons. The monoisotopic (exact) mass is 337 g/mol. The second kappa shape index (κ2) is 8.94. The Morgan fingerprint density at radius 3 is 2.59 bits per heavy atom. The summed E-state index contributed by atoms with van der Waals surface area (Å²) in [6, 6.07) is 0. The van der Waals surface area contributed by atoms with Crippen LogP contribution in [0, 0.1) is 6.92 Å². The molecule has 1 heterocycles. The molecule has 1 rings (SSSR count). The Kier molecular flexibility index (Phi) is 7.60. The maximum absolute atomic E-state index is 12.2. The number of hydrogen-bond acceptors (Lipinski definition) is 4. The van der Waals surface area contributed by atoms with Gasteiger partial charge < -0.3 is 10.6 Å². The number of rotatable bonds is 7. The van der Waals surface area contributed by atoms with Crippen molar-refractivity contribution in [2.75, 3.05) is 40.3 Å². The molecule has 22 heavy (non-hydrogen) atoms. The molecule has 0 aliphatic heterocycles. The van der Waals surface area contributed by atoms with Crippen LogP contribution in [0.4, 0.5) is 13.2 Å². The molecule has 0 saturated heterocycles. The van der Waals surface area contributed by atoms with E-state index in [2.05, 4.69) is 20.6 Å². The predicted octanol–water partition coefficient (Wildman–Crippen LogP) is 1.65. The first-order chi connectivity index (χ1) is 10.3. The maximum Gasteiger partial charge on any atom is 0.401 e. The number of aliphatic imine (C=N–C) groups is 1. The summed E-state index contributed by atoms with van der Waals surface area (Å²) in [5.74, 6) is 0.576. The minimum absolute atomic E-state index is 0.283. The Labute approximate surface area is 132 Å². The van der Waals surface area contributed by atoms with Crippen molar-refractivity contribution in [3.63, 3.8) is 0 Å². The molecule has 2 N–H and O–H groups in total. The molecule has 0 aliphatic rings. The standard InChI is InChI=1S/C13H22F3N5S/c1-10-20-11(8-22-10)4-5-18-12(17-2)19-6-7-21(3)9-13(14,15)16/h8H,4-7,9H2,1-3H3,(H2,17,18,19). The van der Waals surface area contributed by atoms with Crippen LogP contribution >= 0.6 is 11.3 Å². The van der Waals surface area contributed by atoms with Crippen LogP contribution in [0.2, 0.25) is 0 Å². The molecule has 126 valence electrons. The van der Waals surface area contributed by atoms with Gasteiger partial charge in [-0.2, -0.15) is 13.2 Å². The van der Waals surface area contributed by atoms with Crippen LogP contribution in [0.3, 0.4) is 0 Å². The summed E-state index contributed by atoms with van der Waals surface area (Å²) in [4.78, 5) is 9.61. The largest absolute Gasteiger partial charge is 0.401 e. The highest BCUT2D eigenvalue weighted by molar-refractivity contribution is 7.09. The average Bonchev–Trinajstić information content (AvgIpc) is 2.80. The normalized spacial score (nSPS) is 12.8. The zero-order valence-corrected chi connectivity index (χ0v) is 13.8. The van der Waals surface area contributed by atoms with Gasteiger partial charge in [0.1, 0.15) is 0 Å². The molecule has 0 aliphatic carbocycles. The van der Waals surface area contributed by atoms with Gasteiger partial charge in [0.15, 0.2) is 5.96 Å². The fraction of sp³-hybridized carbons (Fsp3) is 0.692. The number of nitrogens with zero attached hydrogens (tertiary/aromatic N) is 3. The molecule has 0 spiro atoms. The minimum atomic E-state index is -4.17. The maximum atomic E-state index is 12.2. The summed E-state index contributed by atoms with van der Waals surface area (Å²) in [6.45, 7) is 2.39. The SMILES string of the molecule is CN=C(NCCc1csc(C)n1)NCCN(C)CC(F)(F)F. The average molecular weight is 337 g/mol. The number of aromatic nitrogens is 1. The molecule has 0 saturated carbocycles. The summed E-state index contributed by atoms with van der Waals surface area (Å²) >= 11 is 1.61. The van der Waals surface area contributed by atoms with Crippen molar-refractivity contribution < 1.29 is 13.2 Å². The molecule has 0 bridgehead atoms. The van der Waals surface area contributed by atoms with Crippen LogP contribution in [0.15, 0.2) is 10.4 Å². The van der Waals surface area contributed by atoms with Crippen molar-refractivity contribution in [3.05, 3.63) is 16.1 Å². The molecule has 9 heteroatoms. The Bertz CT molecular complexity index is 472. The van der Waals surface area contributed by atoms with E-state index in [1.54, 1.807) is 18.4 Å². The van der Waals surface area contributed by atoms with Gasteiger partial charge in [-0.05, 0) is 14.0 Å². The zero-order valence-electron chi connectivity index (χ0n) is 13.0. The fourth-order valence-electron chi connectivity index (χ4n) is 1.80. The second-order valence-electron chi connectivity index (χ2n) is 4.89. The van der Waals surface area contributed by atoms with Gasteiger partial charge in [0, 0.05) is 38.5 Å². The van der Waals surface area contributed by atoms with Crippen LogP contribution in [0.5, 0.6) is 0 Å². The van der Waals surface area contributed by atoms with Crippen LogP contribution in [-0.4, -0.2) is 62.3 Å². The zero-order chi connectivity index (χ0) is 16.6. The van der Waals surface area contributed by atoms with E-state index in [4.69, 9.17) is 0 Å². The quantitative estimate of drug-likeness (QED) is 0.587. The van der Waals surface area contributed by atoms with E-state index in [0.717, 1.165) is 17.1 Å². The van der Waals surface area contributed by atoms with Crippen LogP contribution < -0.4 is 10.6 Å². The molecule has 0 aromatic carbocycles. The lowest BCUT2D eigenvalue weighted by Crippen LogP contribution is -2.43. The predicted molar refractivity (Wildman–Crippen MR) is 83.5 cm³/mol. The van der Waals surface area contributed by atoms with E-state index in [-0.39, 0.29) is 6.54 Å². The van der Waals surface area contributed by atoms with E-state index >= 15 is 0 Å². The van der Waals surface area contributed by atoms with Crippen LogP contribution in [0.25, 0.3) is 0 Å². The topological polar surface area (TPSA) is 52.6 Å². The molecule has 1 aromatic heterocycles. The van der Waals surface area contributed by atoms with Gasteiger partial charge in [-0.1, -0.05) is 0 Å². The molecular weight excluding hydrogens is 315 g/mol. The molecule has 0 unspecified atom stereocenters. The molecule has 1 aromatic rings. The van der Waals surface area contributed by atoms with Gasteiger partial charge in [0.25, 0.3) is 0 Å². The van der Waals surface area contributed by atoms with Gasteiger partial charge in [-0.3, -0.25) is 9.89 Å². The van der Waals surface area contributed by atoms with Gasteiger partial charge >= 0.3 is 6.18 Å². The van der Waals surface area contributed by atoms with Crippen molar-refractivity contribution in [2.45, 2.75) is 19.5 Å². The van der Waals surface area contributed by atoms with Crippen LogP contribution in [0.1, 0.15) is 10.7 Å². The van der Waals surface area contributed by atoms with Gasteiger partial charge in [0.2, 0.25) is 0 Å². The first-order valence-electron chi connectivity index (χ1n) is 6.91. The fourth-order valence-corrected chi connectivity index (χ4v) is 2.45. The number of halogens is 3. The summed E-state index contributed by atoms with van der Waals surface area (Å²) in [7, 11) is 3.07. The Hall–Kier alpha value is -1.35. The van der Waals surface area contributed by atoms with Gasteiger partial charge in [-0.25, -0.2) is 4.98 Å². The van der Waals surface area contributed by atoms with E-state index in [9.17, 15) is 13.2 Å². The lowest BCUT2D eigenvalue weighted by Gasteiger charge is -2.19. The summed E-state index contributed by atoms with van der Waals surface area (Å²) in [5, 5.41) is 9.15. The van der Waals surface area contributed by atoms with E-state index < -0.39 is 12.7 Å². The van der Waals surface area contributed by atoms with Gasteiger partial charge in [-0.15, -0.1) is 11.3 Å². The highest BCUT2D eigenvalue weighted by Gasteiger charge is 2.28. The van der Waals surface area contributed by atoms with E-state index in [1.807, 2.05) is 12.3 Å². The number of likely N-dealkylation sites (N-methyl/N-ethyl adjacent to an activating group) is 1. The summed E-state index contributed by atoms with van der Waals surface area (Å²) < 4.78 is 36.6. The summed E-state index contributed by atoms with van der Waals surface area (Å²) in [6.07, 6.45) is -3.39.